The monoisotopic (exact) mass is 380 g/mol. The van der Waals surface area contributed by atoms with E-state index in [-0.39, 0.29) is 12.5 Å². The molecular weight excluding hydrogens is 364 g/mol. The molecule has 0 aliphatic rings. The van der Waals surface area contributed by atoms with Gasteiger partial charge < -0.3 is 4.74 Å². The Morgan fingerprint density at radius 3 is 2.64 bits per heavy atom. The number of rotatable bonds is 5. The van der Waals surface area contributed by atoms with E-state index in [4.69, 9.17) is 4.74 Å². The number of thiophene rings is 1. The molecule has 0 bridgehead atoms. The van der Waals surface area contributed by atoms with Gasteiger partial charge >= 0.3 is 0 Å². The Kier molecular flexibility index (Phi) is 5.74. The van der Waals surface area contributed by atoms with Crippen molar-refractivity contribution in [3.8, 4) is 5.75 Å². The lowest BCUT2D eigenvalue weighted by atomic mass is 10.1. The van der Waals surface area contributed by atoms with Crippen molar-refractivity contribution in [2.75, 3.05) is 6.61 Å². The van der Waals surface area contributed by atoms with Crippen LogP contribution in [0.5, 0.6) is 5.75 Å². The quantitative estimate of drug-likeness (QED) is 0.628. The van der Waals surface area contributed by atoms with Crippen molar-refractivity contribution in [3.63, 3.8) is 0 Å². The van der Waals surface area contributed by atoms with E-state index < -0.39 is 0 Å². The smallest absolute Gasteiger partial charge is 0.277 e. The third-order valence-corrected chi connectivity index (χ3v) is 4.44. The van der Waals surface area contributed by atoms with Gasteiger partial charge in [-0.25, -0.2) is 5.43 Å². The summed E-state index contributed by atoms with van der Waals surface area (Å²) in [6.45, 7) is 5.69. The number of carbonyl (C=O) groups excluding carboxylic acids is 1. The Labute approximate surface area is 142 Å². The van der Waals surface area contributed by atoms with Crippen LogP contribution in [0.1, 0.15) is 22.9 Å². The van der Waals surface area contributed by atoms with Crippen molar-refractivity contribution in [3.05, 3.63) is 50.1 Å². The number of ether oxygens (including phenoxy) is 1. The maximum atomic E-state index is 11.8. The number of hydrogen-bond donors (Lipinski definition) is 1. The zero-order valence-corrected chi connectivity index (χ0v) is 15.0. The predicted octanol–water partition coefficient (Wildman–Crippen LogP) is 4.05. The summed E-state index contributed by atoms with van der Waals surface area (Å²) < 4.78 is 6.60. The highest BCUT2D eigenvalue weighted by molar-refractivity contribution is 9.10. The fraction of sp³-hybridized carbons (Fsp3) is 0.250. The van der Waals surface area contributed by atoms with Gasteiger partial charge in [-0.1, -0.05) is 22.0 Å². The van der Waals surface area contributed by atoms with Gasteiger partial charge in [-0.05, 0) is 55.5 Å². The van der Waals surface area contributed by atoms with E-state index >= 15 is 0 Å². The fourth-order valence-electron chi connectivity index (χ4n) is 1.98. The van der Waals surface area contributed by atoms with Gasteiger partial charge in [-0.2, -0.15) is 5.10 Å². The highest BCUT2D eigenvalue weighted by Gasteiger charge is 2.08. The molecule has 1 N–H and O–H groups in total. The molecule has 22 heavy (non-hydrogen) atoms. The largest absolute Gasteiger partial charge is 0.483 e. The van der Waals surface area contributed by atoms with Crippen LogP contribution in [0.3, 0.4) is 0 Å². The van der Waals surface area contributed by atoms with Crippen molar-refractivity contribution in [1.82, 2.24) is 5.43 Å². The lowest BCUT2D eigenvalue weighted by Crippen LogP contribution is -2.25. The summed E-state index contributed by atoms with van der Waals surface area (Å²) >= 11 is 5.02. The topological polar surface area (TPSA) is 50.7 Å². The fourth-order valence-corrected chi connectivity index (χ4v) is 3.34. The van der Waals surface area contributed by atoms with Gasteiger partial charge in [0.25, 0.3) is 5.91 Å². The van der Waals surface area contributed by atoms with E-state index in [1.165, 1.54) is 0 Å². The first-order valence-corrected chi connectivity index (χ1v) is 8.41. The lowest BCUT2D eigenvalue weighted by molar-refractivity contribution is -0.123. The average molecular weight is 381 g/mol. The maximum Gasteiger partial charge on any atom is 0.277 e. The number of nitrogens with one attached hydrogen (secondary N) is 1. The number of hydrogen-bond acceptors (Lipinski definition) is 4. The second-order valence-corrected chi connectivity index (χ2v) is 6.73. The first-order valence-electron chi connectivity index (χ1n) is 6.74. The Balaban J connectivity index is 1.92. The summed E-state index contributed by atoms with van der Waals surface area (Å²) in [6.07, 6.45) is 0. The molecular formula is C16H17BrN2O2S. The lowest BCUT2D eigenvalue weighted by Gasteiger charge is -2.12. The maximum absolute atomic E-state index is 11.8. The molecule has 1 aromatic carbocycles. The molecule has 0 fully saturated rings. The second kappa shape index (κ2) is 7.56. The van der Waals surface area contributed by atoms with E-state index in [1.807, 2.05) is 50.4 Å². The number of hydrazone groups is 1. The van der Waals surface area contributed by atoms with Crippen molar-refractivity contribution in [2.45, 2.75) is 20.8 Å². The van der Waals surface area contributed by atoms with Crippen LogP contribution in [0.2, 0.25) is 0 Å². The summed E-state index contributed by atoms with van der Waals surface area (Å²) in [5.41, 5.74) is 5.26. The minimum absolute atomic E-state index is 0.0649. The molecule has 0 radical (unpaired) electrons. The predicted molar refractivity (Wildman–Crippen MR) is 93.8 cm³/mol. The average Bonchev–Trinajstić information content (AvgIpc) is 2.97. The molecule has 0 saturated carbocycles. The van der Waals surface area contributed by atoms with Crippen LogP contribution in [0.25, 0.3) is 0 Å². The van der Waals surface area contributed by atoms with Crippen LogP contribution in [0, 0.1) is 13.8 Å². The van der Waals surface area contributed by atoms with Crippen LogP contribution >= 0.6 is 27.3 Å². The minimum Gasteiger partial charge on any atom is -0.483 e. The SMILES string of the molecule is C/C(=N\NC(=O)COc1c(C)cc(Br)cc1C)c1cccs1. The van der Waals surface area contributed by atoms with E-state index in [1.54, 1.807) is 11.3 Å². The standard InChI is InChI=1S/C16H17BrN2O2S/c1-10-7-13(17)8-11(2)16(10)21-9-15(20)19-18-12(3)14-5-4-6-22-14/h4-8H,9H2,1-3H3,(H,19,20)/b18-12+. The Morgan fingerprint density at radius 1 is 1.36 bits per heavy atom. The third-order valence-electron chi connectivity index (χ3n) is 3.00. The molecule has 0 spiro atoms. The zero-order valence-electron chi connectivity index (χ0n) is 12.6. The van der Waals surface area contributed by atoms with E-state index in [2.05, 4.69) is 26.5 Å². The molecule has 4 nitrogen and oxygen atoms in total. The molecule has 1 amide bonds. The molecule has 116 valence electrons. The Hall–Kier alpha value is -1.66. The van der Waals surface area contributed by atoms with E-state index in [9.17, 15) is 4.79 Å². The van der Waals surface area contributed by atoms with Gasteiger partial charge in [0.05, 0.1) is 5.71 Å². The van der Waals surface area contributed by atoms with Gasteiger partial charge in [0.15, 0.2) is 6.61 Å². The van der Waals surface area contributed by atoms with Crippen LogP contribution in [0.4, 0.5) is 0 Å². The third kappa shape index (κ3) is 4.42. The number of amides is 1. The number of carbonyl (C=O) groups is 1. The molecule has 6 heteroatoms. The molecule has 0 aliphatic carbocycles. The summed E-state index contributed by atoms with van der Waals surface area (Å²) in [7, 11) is 0. The van der Waals surface area contributed by atoms with Crippen molar-refractivity contribution in [2.24, 2.45) is 5.10 Å². The highest BCUT2D eigenvalue weighted by Crippen LogP contribution is 2.27. The molecule has 2 rings (SSSR count). The number of aryl methyl sites for hydroxylation is 2. The summed E-state index contributed by atoms with van der Waals surface area (Å²) in [5, 5.41) is 6.05. The van der Waals surface area contributed by atoms with Gasteiger partial charge in [-0.15, -0.1) is 11.3 Å². The minimum atomic E-state index is -0.280. The van der Waals surface area contributed by atoms with E-state index in [0.29, 0.717) is 0 Å². The zero-order chi connectivity index (χ0) is 16.1. The molecule has 0 unspecified atom stereocenters. The van der Waals surface area contributed by atoms with Gasteiger partial charge in [0.1, 0.15) is 5.75 Å². The normalized spacial score (nSPS) is 11.4. The highest BCUT2D eigenvalue weighted by atomic mass is 79.9. The molecule has 1 heterocycles. The van der Waals surface area contributed by atoms with Gasteiger partial charge in [0, 0.05) is 9.35 Å². The molecule has 0 aliphatic heterocycles. The van der Waals surface area contributed by atoms with Crippen LogP contribution in [-0.2, 0) is 4.79 Å². The van der Waals surface area contributed by atoms with E-state index in [0.717, 1.165) is 31.9 Å². The van der Waals surface area contributed by atoms with Crippen LogP contribution in [-0.4, -0.2) is 18.2 Å². The number of halogens is 1. The van der Waals surface area contributed by atoms with Crippen LogP contribution < -0.4 is 10.2 Å². The first kappa shape index (κ1) is 16.7. The summed E-state index contributed by atoms with van der Waals surface area (Å²) in [4.78, 5) is 12.9. The van der Waals surface area contributed by atoms with Crippen molar-refractivity contribution < 1.29 is 9.53 Å². The van der Waals surface area contributed by atoms with Crippen molar-refractivity contribution >= 4 is 38.9 Å². The van der Waals surface area contributed by atoms with Crippen LogP contribution in [0.15, 0.2) is 39.2 Å². The number of benzene rings is 1. The van der Waals surface area contributed by atoms with Crippen molar-refractivity contribution in [1.29, 1.82) is 0 Å². The molecule has 0 atom stereocenters. The first-order chi connectivity index (χ1) is 10.5. The summed E-state index contributed by atoms with van der Waals surface area (Å²) in [6, 6.07) is 7.82. The second-order valence-electron chi connectivity index (χ2n) is 4.87. The Morgan fingerprint density at radius 2 is 2.05 bits per heavy atom. The molecule has 0 saturated heterocycles. The number of nitrogens with zero attached hydrogens (tertiary/aromatic N) is 1. The molecule has 1 aromatic heterocycles. The van der Waals surface area contributed by atoms with Gasteiger partial charge in [0.2, 0.25) is 0 Å². The summed E-state index contributed by atoms with van der Waals surface area (Å²) in [5.74, 6) is 0.454. The van der Waals surface area contributed by atoms with Gasteiger partial charge in [-0.3, -0.25) is 4.79 Å². The molecule has 2 aromatic rings. The Bertz CT molecular complexity index is 673.